The second kappa shape index (κ2) is 8.00. The normalized spacial score (nSPS) is 13.4. The third kappa shape index (κ3) is 2.62. The molecule has 0 saturated carbocycles. The number of fused-ring (bicyclic) bond motifs is 14. The van der Waals surface area contributed by atoms with Gasteiger partial charge in [0.05, 0.1) is 5.52 Å². The van der Waals surface area contributed by atoms with Gasteiger partial charge in [0.25, 0.3) is 6.71 Å². The summed E-state index contributed by atoms with van der Waals surface area (Å²) < 4.78 is 9.69. The topological polar surface area (TPSA) is 21.3 Å². The Morgan fingerprint density at radius 3 is 1.95 bits per heavy atom. The highest BCUT2D eigenvalue weighted by Crippen LogP contribution is 2.46. The Labute approximate surface area is 253 Å². The van der Waals surface area contributed by atoms with Gasteiger partial charge in [0, 0.05) is 49.6 Å². The van der Waals surface area contributed by atoms with Crippen LogP contribution in [0.3, 0.4) is 0 Å². The molecule has 0 atom stereocenters. The molecule has 4 heterocycles. The third-order valence-corrected chi connectivity index (χ3v) is 9.96. The molecule has 2 aliphatic rings. The second-order valence-corrected chi connectivity index (χ2v) is 12.0. The fourth-order valence-electron chi connectivity index (χ4n) is 8.33. The molecule has 9 aromatic rings. The molecule has 2 aromatic heterocycles. The van der Waals surface area contributed by atoms with Gasteiger partial charge < -0.3 is 8.98 Å². The van der Waals surface area contributed by atoms with Gasteiger partial charge in [0.1, 0.15) is 5.58 Å². The summed E-state index contributed by atoms with van der Waals surface area (Å²) in [7, 11) is 0. The Morgan fingerprint density at radius 2 is 1.11 bits per heavy atom. The monoisotopic (exact) mass is 558 g/mol. The standard InChI is InChI=1S/C40H23BN2O/c1-2-12-24(13-3-1)42-33-22-11-23-34-36(33)41(31-20-10-19-29-27-16-8-9-21-32(27)43(34)38(29)31)37-35-28-17-6-4-14-25(28)26-15-5-7-18-30(26)39(35)44-40(37)42/h1-23H. The van der Waals surface area contributed by atoms with Crippen LogP contribution in [0.2, 0.25) is 0 Å². The Kier molecular flexibility index (Phi) is 4.15. The second-order valence-electron chi connectivity index (χ2n) is 12.0. The van der Waals surface area contributed by atoms with E-state index in [1.807, 2.05) is 0 Å². The molecule has 2 aliphatic heterocycles. The van der Waals surface area contributed by atoms with E-state index in [0.717, 1.165) is 22.5 Å². The Balaban J connectivity index is 1.40. The molecule has 0 fully saturated rings. The van der Waals surface area contributed by atoms with Crippen molar-refractivity contribution in [2.75, 3.05) is 4.90 Å². The van der Waals surface area contributed by atoms with Crippen molar-refractivity contribution in [2.24, 2.45) is 0 Å². The number of aromatic nitrogens is 1. The van der Waals surface area contributed by atoms with Gasteiger partial charge in [-0.05, 0) is 57.4 Å². The molecule has 44 heavy (non-hydrogen) atoms. The lowest BCUT2D eigenvalue weighted by Gasteiger charge is -2.37. The average Bonchev–Trinajstić information content (AvgIpc) is 3.65. The highest BCUT2D eigenvalue weighted by Gasteiger charge is 2.45. The van der Waals surface area contributed by atoms with Gasteiger partial charge in [0.2, 0.25) is 5.88 Å². The zero-order chi connectivity index (χ0) is 28.5. The summed E-state index contributed by atoms with van der Waals surface area (Å²) in [5, 5.41) is 8.65. The van der Waals surface area contributed by atoms with Gasteiger partial charge in [0.15, 0.2) is 0 Å². The number of anilines is 3. The van der Waals surface area contributed by atoms with E-state index in [2.05, 4.69) is 149 Å². The number of para-hydroxylation sites is 3. The van der Waals surface area contributed by atoms with Crippen LogP contribution in [0.25, 0.3) is 60.0 Å². The molecule has 0 spiro atoms. The van der Waals surface area contributed by atoms with Gasteiger partial charge in [-0.3, -0.25) is 4.90 Å². The number of hydrogen-bond acceptors (Lipinski definition) is 2. The van der Waals surface area contributed by atoms with Gasteiger partial charge in [-0.25, -0.2) is 0 Å². The maximum atomic E-state index is 7.19. The molecule has 0 N–H and O–H groups in total. The van der Waals surface area contributed by atoms with Crippen molar-refractivity contribution < 1.29 is 4.42 Å². The van der Waals surface area contributed by atoms with E-state index in [4.69, 9.17) is 4.42 Å². The minimum atomic E-state index is 0.0162. The predicted molar refractivity (Wildman–Crippen MR) is 185 cm³/mol. The van der Waals surface area contributed by atoms with Crippen LogP contribution in [-0.4, -0.2) is 11.3 Å². The van der Waals surface area contributed by atoms with Crippen molar-refractivity contribution >= 4 is 94.7 Å². The maximum Gasteiger partial charge on any atom is 0.257 e. The highest BCUT2D eigenvalue weighted by molar-refractivity contribution is 7.01. The molecule has 7 aromatic carbocycles. The van der Waals surface area contributed by atoms with Crippen LogP contribution in [-0.2, 0) is 0 Å². The molecular weight excluding hydrogens is 535 g/mol. The minimum Gasteiger partial charge on any atom is -0.440 e. The smallest absolute Gasteiger partial charge is 0.257 e. The summed E-state index contributed by atoms with van der Waals surface area (Å²) in [5.41, 5.74) is 10.9. The van der Waals surface area contributed by atoms with Gasteiger partial charge in [-0.2, -0.15) is 0 Å². The fraction of sp³-hybridized carbons (Fsp3) is 0. The van der Waals surface area contributed by atoms with Gasteiger partial charge in [-0.1, -0.05) is 109 Å². The molecule has 4 heteroatoms. The summed E-state index contributed by atoms with van der Waals surface area (Å²) in [4.78, 5) is 2.35. The van der Waals surface area contributed by atoms with E-state index in [9.17, 15) is 0 Å². The number of furan rings is 1. The SMILES string of the molecule is c1ccc(N2c3cccc4c3B(c3c2oc2c5ccccc5c5ccccc5c32)c2cccc3c5ccccc5n-4c23)cc1. The first-order valence-corrected chi connectivity index (χ1v) is 15.2. The first kappa shape index (κ1) is 22.8. The minimum absolute atomic E-state index is 0.0162. The largest absolute Gasteiger partial charge is 0.440 e. The number of nitrogens with zero attached hydrogens (tertiary/aromatic N) is 2. The van der Waals surface area contributed by atoms with Gasteiger partial charge >= 0.3 is 0 Å². The first-order chi connectivity index (χ1) is 21.9. The summed E-state index contributed by atoms with van der Waals surface area (Å²) in [5.74, 6) is 0.906. The number of hydrogen-bond donors (Lipinski definition) is 0. The maximum absolute atomic E-state index is 7.19. The zero-order valence-electron chi connectivity index (χ0n) is 23.7. The van der Waals surface area contributed by atoms with Crippen molar-refractivity contribution in [3.63, 3.8) is 0 Å². The number of benzene rings is 7. The van der Waals surface area contributed by atoms with Crippen molar-refractivity contribution in [1.82, 2.24) is 4.57 Å². The molecular formula is C40H23BN2O. The molecule has 0 aliphatic carbocycles. The van der Waals surface area contributed by atoms with Crippen LogP contribution in [0.5, 0.6) is 0 Å². The first-order valence-electron chi connectivity index (χ1n) is 15.2. The van der Waals surface area contributed by atoms with E-state index in [1.54, 1.807) is 0 Å². The van der Waals surface area contributed by atoms with E-state index >= 15 is 0 Å². The molecule has 3 nitrogen and oxygen atoms in total. The van der Waals surface area contributed by atoms with Crippen LogP contribution in [0.15, 0.2) is 144 Å². The fourth-order valence-corrected chi connectivity index (χ4v) is 8.33. The highest BCUT2D eigenvalue weighted by atomic mass is 16.4. The lowest BCUT2D eigenvalue weighted by atomic mass is 9.34. The van der Waals surface area contributed by atoms with Crippen molar-refractivity contribution in [3.05, 3.63) is 140 Å². The lowest BCUT2D eigenvalue weighted by molar-refractivity contribution is 0.626. The molecule has 0 amide bonds. The van der Waals surface area contributed by atoms with Crippen LogP contribution in [0.4, 0.5) is 17.3 Å². The van der Waals surface area contributed by atoms with E-state index < -0.39 is 0 Å². The van der Waals surface area contributed by atoms with Crippen molar-refractivity contribution in [3.8, 4) is 5.69 Å². The Bertz CT molecular complexity index is 2680. The molecule has 0 bridgehead atoms. The molecule has 202 valence electrons. The third-order valence-electron chi connectivity index (χ3n) is 9.96. The van der Waals surface area contributed by atoms with Crippen molar-refractivity contribution in [2.45, 2.75) is 0 Å². The molecule has 0 radical (unpaired) electrons. The van der Waals surface area contributed by atoms with Crippen LogP contribution >= 0.6 is 0 Å². The summed E-state index contributed by atoms with van der Waals surface area (Å²) >= 11 is 0. The average molecular weight is 558 g/mol. The summed E-state index contributed by atoms with van der Waals surface area (Å²) in [6, 6.07) is 50.7. The lowest BCUT2D eigenvalue weighted by Crippen LogP contribution is -2.60. The predicted octanol–water partition coefficient (Wildman–Crippen LogP) is 8.45. The van der Waals surface area contributed by atoms with E-state index in [0.29, 0.717) is 0 Å². The van der Waals surface area contributed by atoms with Gasteiger partial charge in [-0.15, -0.1) is 0 Å². The van der Waals surface area contributed by atoms with E-state index in [1.165, 1.54) is 71.1 Å². The molecule has 11 rings (SSSR count). The van der Waals surface area contributed by atoms with Crippen LogP contribution in [0, 0.1) is 0 Å². The number of rotatable bonds is 1. The van der Waals surface area contributed by atoms with Crippen LogP contribution < -0.4 is 21.3 Å². The Hall–Kier alpha value is -5.74. The van der Waals surface area contributed by atoms with E-state index in [-0.39, 0.29) is 6.71 Å². The molecule has 0 saturated heterocycles. The van der Waals surface area contributed by atoms with Crippen molar-refractivity contribution in [1.29, 1.82) is 0 Å². The quantitative estimate of drug-likeness (QED) is 0.149. The molecule has 0 unspecified atom stereocenters. The zero-order valence-corrected chi connectivity index (χ0v) is 23.7. The van der Waals surface area contributed by atoms with Crippen LogP contribution in [0.1, 0.15) is 0 Å². The summed E-state index contributed by atoms with van der Waals surface area (Å²) in [6.07, 6.45) is 0. The summed E-state index contributed by atoms with van der Waals surface area (Å²) in [6.45, 7) is 0.0162. The Morgan fingerprint density at radius 1 is 0.477 bits per heavy atom.